The van der Waals surface area contributed by atoms with Crippen LogP contribution in [0.2, 0.25) is 0 Å². The zero-order chi connectivity index (χ0) is 20.1. The summed E-state index contributed by atoms with van der Waals surface area (Å²) in [5.41, 5.74) is 1.77. The molecule has 0 aliphatic carbocycles. The van der Waals surface area contributed by atoms with E-state index < -0.39 is 12.1 Å². The maximum Gasteiger partial charge on any atom is 0.488 e. The highest BCUT2D eigenvalue weighted by molar-refractivity contribution is 8.00. The van der Waals surface area contributed by atoms with Gasteiger partial charge < -0.3 is 24.6 Å². The summed E-state index contributed by atoms with van der Waals surface area (Å²) in [5, 5.41) is 30.3. The van der Waals surface area contributed by atoms with Crippen LogP contribution < -0.4 is 14.9 Å². The molecular weight excluding hydrogens is 375 g/mol. The Morgan fingerprint density at radius 3 is 1.50 bits per heavy atom. The highest BCUT2D eigenvalue weighted by Crippen LogP contribution is 2.45. The number of rotatable bonds is 7. The zero-order valence-corrected chi connectivity index (χ0v) is 16.4. The largest absolute Gasteiger partial charge is 0.497 e. The average Bonchev–Trinajstić information content (AvgIpc) is 2.74. The van der Waals surface area contributed by atoms with E-state index in [2.05, 4.69) is 0 Å². The van der Waals surface area contributed by atoms with E-state index in [1.165, 1.54) is 11.8 Å². The summed E-state index contributed by atoms with van der Waals surface area (Å²) in [6, 6.07) is 21.2. The molecular formula is C21H21BO5S. The van der Waals surface area contributed by atoms with Crippen LogP contribution in [0.5, 0.6) is 11.5 Å². The Labute approximate surface area is 168 Å². The van der Waals surface area contributed by atoms with E-state index in [9.17, 15) is 15.2 Å². The predicted octanol–water partition coefficient (Wildman–Crippen LogP) is 2.37. The van der Waals surface area contributed by atoms with Crippen molar-refractivity contribution in [2.75, 3.05) is 14.2 Å². The monoisotopic (exact) mass is 396 g/mol. The Kier molecular flexibility index (Phi) is 6.31. The first-order valence-corrected chi connectivity index (χ1v) is 9.44. The molecule has 28 heavy (non-hydrogen) atoms. The van der Waals surface area contributed by atoms with Crippen molar-refractivity contribution < 1.29 is 24.6 Å². The molecule has 0 unspecified atom stereocenters. The molecule has 0 bridgehead atoms. The minimum Gasteiger partial charge on any atom is -0.497 e. The number of hydrogen-bond donors (Lipinski definition) is 3. The maximum absolute atomic E-state index is 11.7. The van der Waals surface area contributed by atoms with Crippen LogP contribution in [-0.2, 0) is 4.93 Å². The van der Waals surface area contributed by atoms with E-state index >= 15 is 0 Å². The van der Waals surface area contributed by atoms with Gasteiger partial charge in [-0.1, -0.05) is 48.2 Å². The van der Waals surface area contributed by atoms with Crippen LogP contribution >= 0.6 is 11.8 Å². The van der Waals surface area contributed by atoms with Gasteiger partial charge in [0.1, 0.15) is 11.5 Å². The summed E-state index contributed by atoms with van der Waals surface area (Å²) in [6.07, 6.45) is 0. The standard InChI is InChI=1S/C21H21BO5S/c1-26-18-9-3-15(4-10-18)21(23,16-5-11-19(27-2)12-6-16)28-20-13-7-17(8-14-20)22(24)25/h3-14,23-25H,1-2H3. The number of ether oxygens (including phenoxy) is 2. The number of thioether (sulfide) groups is 1. The van der Waals surface area contributed by atoms with Crippen LogP contribution in [0.1, 0.15) is 11.1 Å². The third-order valence-corrected chi connectivity index (χ3v) is 5.68. The molecule has 0 atom stereocenters. The fourth-order valence-electron chi connectivity index (χ4n) is 2.80. The summed E-state index contributed by atoms with van der Waals surface area (Å²) >= 11 is 1.26. The van der Waals surface area contributed by atoms with Crippen LogP contribution in [0, 0.1) is 0 Å². The lowest BCUT2D eigenvalue weighted by molar-refractivity contribution is 0.181. The van der Waals surface area contributed by atoms with Gasteiger partial charge in [-0.3, -0.25) is 0 Å². The fourth-order valence-corrected chi connectivity index (χ4v) is 3.92. The lowest BCUT2D eigenvalue weighted by Crippen LogP contribution is -2.29. The lowest BCUT2D eigenvalue weighted by Gasteiger charge is -2.29. The first kappa shape index (κ1) is 20.3. The van der Waals surface area contributed by atoms with Gasteiger partial charge in [-0.05, 0) is 53.0 Å². The third-order valence-electron chi connectivity index (χ3n) is 4.41. The van der Waals surface area contributed by atoms with Crippen molar-refractivity contribution in [1.29, 1.82) is 0 Å². The van der Waals surface area contributed by atoms with Gasteiger partial charge in [0, 0.05) is 4.90 Å². The van der Waals surface area contributed by atoms with Crippen LogP contribution in [0.4, 0.5) is 0 Å². The first-order chi connectivity index (χ1) is 13.5. The van der Waals surface area contributed by atoms with Crippen molar-refractivity contribution in [3.63, 3.8) is 0 Å². The molecule has 3 N–H and O–H groups in total. The van der Waals surface area contributed by atoms with E-state index in [0.29, 0.717) is 28.1 Å². The van der Waals surface area contributed by atoms with Gasteiger partial charge in [0.05, 0.1) is 14.2 Å². The van der Waals surface area contributed by atoms with Crippen molar-refractivity contribution in [3.8, 4) is 11.5 Å². The molecule has 5 nitrogen and oxygen atoms in total. The molecule has 0 saturated heterocycles. The number of methoxy groups -OCH3 is 2. The van der Waals surface area contributed by atoms with Gasteiger partial charge in [-0.2, -0.15) is 0 Å². The van der Waals surface area contributed by atoms with Crippen molar-refractivity contribution in [3.05, 3.63) is 83.9 Å². The van der Waals surface area contributed by atoms with Gasteiger partial charge in [-0.15, -0.1) is 0 Å². The Bertz CT molecular complexity index is 848. The molecule has 3 aromatic carbocycles. The number of aliphatic hydroxyl groups is 1. The third kappa shape index (κ3) is 4.34. The molecule has 144 valence electrons. The van der Waals surface area contributed by atoms with Crippen LogP contribution in [-0.4, -0.2) is 36.5 Å². The summed E-state index contributed by atoms with van der Waals surface area (Å²) in [7, 11) is 1.66. The Morgan fingerprint density at radius 2 is 1.14 bits per heavy atom. The van der Waals surface area contributed by atoms with Crippen molar-refractivity contribution in [2.45, 2.75) is 9.83 Å². The van der Waals surface area contributed by atoms with E-state index in [1.54, 1.807) is 62.8 Å². The van der Waals surface area contributed by atoms with Crippen LogP contribution in [0.25, 0.3) is 0 Å². The second kappa shape index (κ2) is 8.71. The zero-order valence-electron chi connectivity index (χ0n) is 15.6. The fraction of sp³-hybridized carbons (Fsp3) is 0.143. The molecule has 3 aromatic rings. The topological polar surface area (TPSA) is 79.2 Å². The summed E-state index contributed by atoms with van der Waals surface area (Å²) in [6.45, 7) is 0. The minimum atomic E-state index is -1.53. The molecule has 0 spiro atoms. The molecule has 3 rings (SSSR count). The van der Waals surface area contributed by atoms with Gasteiger partial charge in [0.15, 0.2) is 4.93 Å². The molecule has 0 heterocycles. The molecule has 0 amide bonds. The summed E-state index contributed by atoms with van der Waals surface area (Å²) < 4.78 is 10.4. The Hall–Kier alpha value is -2.45. The molecule has 0 saturated carbocycles. The second-order valence-electron chi connectivity index (χ2n) is 6.15. The maximum atomic E-state index is 11.7. The highest BCUT2D eigenvalue weighted by Gasteiger charge is 2.33. The molecule has 0 aromatic heterocycles. The molecule has 7 heteroatoms. The summed E-state index contributed by atoms with van der Waals surface area (Å²) in [4.78, 5) is -0.587. The predicted molar refractivity (Wildman–Crippen MR) is 111 cm³/mol. The van der Waals surface area contributed by atoms with Gasteiger partial charge in [0.25, 0.3) is 0 Å². The van der Waals surface area contributed by atoms with Crippen molar-refractivity contribution >= 4 is 24.3 Å². The second-order valence-corrected chi connectivity index (χ2v) is 7.41. The van der Waals surface area contributed by atoms with E-state index in [4.69, 9.17) is 9.47 Å². The highest BCUT2D eigenvalue weighted by atomic mass is 32.2. The van der Waals surface area contributed by atoms with E-state index in [1.807, 2.05) is 24.3 Å². The van der Waals surface area contributed by atoms with Crippen LogP contribution in [0.15, 0.2) is 77.7 Å². The quantitative estimate of drug-likeness (QED) is 0.323. The summed E-state index contributed by atoms with van der Waals surface area (Å²) in [5.74, 6) is 1.40. The molecule has 0 aliphatic rings. The van der Waals surface area contributed by atoms with Crippen LogP contribution in [0.3, 0.4) is 0 Å². The minimum absolute atomic E-state index is 0.391. The molecule has 0 radical (unpaired) electrons. The Balaban J connectivity index is 2.01. The van der Waals surface area contributed by atoms with Gasteiger partial charge in [-0.25, -0.2) is 0 Å². The van der Waals surface area contributed by atoms with Crippen molar-refractivity contribution in [1.82, 2.24) is 0 Å². The van der Waals surface area contributed by atoms with Gasteiger partial charge in [0.2, 0.25) is 0 Å². The first-order valence-electron chi connectivity index (χ1n) is 8.63. The lowest BCUT2D eigenvalue weighted by atomic mass is 9.81. The van der Waals surface area contributed by atoms with E-state index in [-0.39, 0.29) is 0 Å². The SMILES string of the molecule is COc1ccc(C(O)(Sc2ccc(B(O)O)cc2)c2ccc(OC)cc2)cc1. The van der Waals surface area contributed by atoms with Gasteiger partial charge >= 0.3 is 7.12 Å². The van der Waals surface area contributed by atoms with Crippen molar-refractivity contribution in [2.24, 2.45) is 0 Å². The average molecular weight is 396 g/mol. The Morgan fingerprint density at radius 1 is 0.714 bits per heavy atom. The normalized spacial score (nSPS) is 11.2. The molecule has 0 aliphatic heterocycles. The number of hydrogen-bond acceptors (Lipinski definition) is 6. The van der Waals surface area contributed by atoms with E-state index in [0.717, 1.165) is 4.90 Å². The smallest absolute Gasteiger partial charge is 0.488 e. The number of benzene rings is 3. The molecule has 0 fully saturated rings.